The quantitative estimate of drug-likeness (QED) is 0.309. The standard InChI is InChI=1S/C17H13ClN2O5S/c1-25-9-3-4-10-12(6-9)26-16(13(10)18)17(24)20-19-7-8-2-5-11(21)15(23)14(8)22/h2-7,21-23H,1H3,(H,20,24)/b19-7+. The van der Waals surface area contributed by atoms with Gasteiger partial charge < -0.3 is 20.1 Å². The number of methoxy groups -OCH3 is 1. The maximum atomic E-state index is 12.3. The van der Waals surface area contributed by atoms with E-state index in [0.717, 1.165) is 16.3 Å². The predicted molar refractivity (Wildman–Crippen MR) is 99.9 cm³/mol. The molecular weight excluding hydrogens is 380 g/mol. The number of phenols is 3. The lowest BCUT2D eigenvalue weighted by Crippen LogP contribution is -2.16. The number of hydrogen-bond acceptors (Lipinski definition) is 7. The van der Waals surface area contributed by atoms with Crippen LogP contribution in [-0.4, -0.2) is 34.6 Å². The molecule has 0 unspecified atom stereocenters. The number of fused-ring (bicyclic) bond motifs is 1. The summed E-state index contributed by atoms with van der Waals surface area (Å²) in [5.74, 6) is -1.54. The van der Waals surface area contributed by atoms with Gasteiger partial charge in [0.2, 0.25) is 5.75 Å². The van der Waals surface area contributed by atoms with Crippen LogP contribution in [0.2, 0.25) is 5.02 Å². The summed E-state index contributed by atoms with van der Waals surface area (Å²) in [6.45, 7) is 0. The zero-order valence-electron chi connectivity index (χ0n) is 13.4. The number of ether oxygens (including phenoxy) is 1. The largest absolute Gasteiger partial charge is 0.504 e. The zero-order chi connectivity index (χ0) is 18.8. The molecule has 1 heterocycles. The first-order valence-electron chi connectivity index (χ1n) is 7.25. The SMILES string of the molecule is COc1ccc2c(Cl)c(C(=O)N/N=C/c3ccc(O)c(O)c3O)sc2c1. The van der Waals surface area contributed by atoms with Gasteiger partial charge in [0, 0.05) is 15.6 Å². The van der Waals surface area contributed by atoms with Crippen LogP contribution in [0, 0.1) is 0 Å². The summed E-state index contributed by atoms with van der Waals surface area (Å²) in [5, 5.41) is 33.2. The number of thiophene rings is 1. The van der Waals surface area contributed by atoms with E-state index in [4.69, 9.17) is 16.3 Å². The van der Waals surface area contributed by atoms with Crippen LogP contribution in [0.1, 0.15) is 15.2 Å². The van der Waals surface area contributed by atoms with Gasteiger partial charge in [0.25, 0.3) is 5.91 Å². The number of halogens is 1. The molecule has 26 heavy (non-hydrogen) atoms. The fourth-order valence-electron chi connectivity index (χ4n) is 2.22. The number of nitrogens with one attached hydrogen (secondary N) is 1. The second-order valence-electron chi connectivity index (χ2n) is 5.18. The number of benzene rings is 2. The lowest BCUT2D eigenvalue weighted by molar-refractivity contribution is 0.0959. The molecule has 134 valence electrons. The lowest BCUT2D eigenvalue weighted by atomic mass is 10.2. The van der Waals surface area contributed by atoms with Crippen LogP contribution in [0.25, 0.3) is 10.1 Å². The van der Waals surface area contributed by atoms with E-state index in [1.807, 2.05) is 0 Å². The van der Waals surface area contributed by atoms with Gasteiger partial charge in [-0.05, 0) is 30.3 Å². The van der Waals surface area contributed by atoms with Crippen LogP contribution in [0.15, 0.2) is 35.4 Å². The molecule has 0 fully saturated rings. The average Bonchev–Trinajstić information content (AvgIpc) is 2.97. The van der Waals surface area contributed by atoms with Crippen molar-refractivity contribution < 1.29 is 24.9 Å². The molecule has 2 aromatic carbocycles. The summed E-state index contributed by atoms with van der Waals surface area (Å²) in [4.78, 5) is 12.6. The molecule has 4 N–H and O–H groups in total. The summed E-state index contributed by atoms with van der Waals surface area (Å²) >= 11 is 7.46. The van der Waals surface area contributed by atoms with Gasteiger partial charge in [-0.25, -0.2) is 5.43 Å². The third kappa shape index (κ3) is 3.24. The summed E-state index contributed by atoms with van der Waals surface area (Å²) in [6.07, 6.45) is 1.14. The minimum atomic E-state index is -0.665. The van der Waals surface area contributed by atoms with E-state index in [1.165, 1.54) is 23.5 Å². The van der Waals surface area contributed by atoms with Gasteiger partial charge in [0.1, 0.15) is 10.6 Å². The van der Waals surface area contributed by atoms with Crippen molar-refractivity contribution in [3.8, 4) is 23.0 Å². The maximum Gasteiger partial charge on any atom is 0.283 e. The molecule has 0 bridgehead atoms. The topological polar surface area (TPSA) is 111 Å². The number of hydrazone groups is 1. The minimum absolute atomic E-state index is 0.118. The predicted octanol–water partition coefficient (Wildman–Crippen LogP) is 3.44. The van der Waals surface area contributed by atoms with E-state index < -0.39 is 23.2 Å². The van der Waals surface area contributed by atoms with Gasteiger partial charge in [-0.1, -0.05) is 11.6 Å². The van der Waals surface area contributed by atoms with E-state index in [2.05, 4.69) is 10.5 Å². The van der Waals surface area contributed by atoms with Crippen LogP contribution in [0.5, 0.6) is 23.0 Å². The highest BCUT2D eigenvalue weighted by Gasteiger charge is 2.17. The summed E-state index contributed by atoms with van der Waals surface area (Å²) in [6, 6.07) is 7.82. The van der Waals surface area contributed by atoms with Crippen molar-refractivity contribution in [2.45, 2.75) is 0 Å². The van der Waals surface area contributed by atoms with Crippen LogP contribution in [0.3, 0.4) is 0 Å². The normalized spacial score (nSPS) is 11.2. The van der Waals surface area contributed by atoms with Crippen LogP contribution >= 0.6 is 22.9 Å². The first-order chi connectivity index (χ1) is 12.4. The highest BCUT2D eigenvalue weighted by molar-refractivity contribution is 7.21. The van der Waals surface area contributed by atoms with Crippen molar-refractivity contribution >= 4 is 45.1 Å². The second kappa shape index (κ2) is 7.11. The third-order valence-corrected chi connectivity index (χ3v) is 5.23. The Morgan fingerprint density at radius 3 is 2.73 bits per heavy atom. The maximum absolute atomic E-state index is 12.3. The Hall–Kier alpha value is -2.97. The molecule has 0 atom stereocenters. The molecule has 1 aromatic heterocycles. The fraction of sp³-hybridized carbons (Fsp3) is 0.0588. The molecule has 0 saturated carbocycles. The van der Waals surface area contributed by atoms with E-state index in [-0.39, 0.29) is 10.4 Å². The smallest absolute Gasteiger partial charge is 0.283 e. The number of nitrogens with zero attached hydrogens (tertiary/aromatic N) is 1. The van der Waals surface area contributed by atoms with E-state index >= 15 is 0 Å². The van der Waals surface area contributed by atoms with Gasteiger partial charge in [-0.2, -0.15) is 5.10 Å². The Labute approximate surface area is 156 Å². The Morgan fingerprint density at radius 1 is 1.23 bits per heavy atom. The highest BCUT2D eigenvalue weighted by Crippen LogP contribution is 2.37. The Bertz CT molecular complexity index is 1030. The summed E-state index contributed by atoms with van der Waals surface area (Å²) in [7, 11) is 1.55. The molecule has 0 radical (unpaired) electrons. The molecule has 3 aromatic rings. The molecule has 9 heteroatoms. The number of rotatable bonds is 4. The monoisotopic (exact) mass is 392 g/mol. The molecule has 0 saturated heterocycles. The van der Waals surface area contributed by atoms with Gasteiger partial charge in [0.05, 0.1) is 18.3 Å². The average molecular weight is 393 g/mol. The first-order valence-corrected chi connectivity index (χ1v) is 8.45. The minimum Gasteiger partial charge on any atom is -0.504 e. The first kappa shape index (κ1) is 17.8. The van der Waals surface area contributed by atoms with Gasteiger partial charge >= 0.3 is 0 Å². The number of amides is 1. The number of hydrogen-bond donors (Lipinski definition) is 4. The van der Waals surface area contributed by atoms with Crippen molar-refractivity contribution in [2.75, 3.05) is 7.11 Å². The van der Waals surface area contributed by atoms with Crippen LogP contribution in [0.4, 0.5) is 0 Å². The highest BCUT2D eigenvalue weighted by atomic mass is 35.5. The molecule has 7 nitrogen and oxygen atoms in total. The molecule has 0 aliphatic carbocycles. The second-order valence-corrected chi connectivity index (χ2v) is 6.61. The molecule has 0 aliphatic rings. The van der Waals surface area contributed by atoms with Crippen molar-refractivity contribution in [2.24, 2.45) is 5.10 Å². The molecule has 0 spiro atoms. The summed E-state index contributed by atoms with van der Waals surface area (Å²) in [5.41, 5.74) is 2.43. The third-order valence-electron chi connectivity index (χ3n) is 3.57. The number of carbonyl (C=O) groups excluding carboxylic acids is 1. The summed E-state index contributed by atoms with van der Waals surface area (Å²) < 4.78 is 5.95. The molecule has 0 aliphatic heterocycles. The fourth-order valence-corrected chi connectivity index (χ4v) is 3.65. The number of carbonyl (C=O) groups is 1. The van der Waals surface area contributed by atoms with Gasteiger partial charge in [-0.15, -0.1) is 11.3 Å². The molecule has 3 rings (SSSR count). The molecular formula is C17H13ClN2O5S. The van der Waals surface area contributed by atoms with E-state index in [9.17, 15) is 20.1 Å². The Kier molecular flexibility index (Phi) is 4.88. The van der Waals surface area contributed by atoms with E-state index in [1.54, 1.807) is 25.3 Å². The van der Waals surface area contributed by atoms with Crippen molar-refractivity contribution in [1.82, 2.24) is 5.43 Å². The van der Waals surface area contributed by atoms with Crippen molar-refractivity contribution in [3.05, 3.63) is 45.8 Å². The van der Waals surface area contributed by atoms with Gasteiger partial charge in [0.15, 0.2) is 11.5 Å². The van der Waals surface area contributed by atoms with Crippen molar-refractivity contribution in [1.29, 1.82) is 0 Å². The zero-order valence-corrected chi connectivity index (χ0v) is 14.9. The number of aromatic hydroxyl groups is 3. The van der Waals surface area contributed by atoms with Crippen LogP contribution in [-0.2, 0) is 0 Å². The number of phenolic OH excluding ortho intramolecular Hbond substituents is 3. The molecule has 1 amide bonds. The Morgan fingerprint density at radius 2 is 2.00 bits per heavy atom. The Balaban J connectivity index is 1.81. The van der Waals surface area contributed by atoms with E-state index in [0.29, 0.717) is 10.8 Å². The van der Waals surface area contributed by atoms with Crippen molar-refractivity contribution in [3.63, 3.8) is 0 Å². The van der Waals surface area contributed by atoms with Gasteiger partial charge in [-0.3, -0.25) is 4.79 Å². The lowest BCUT2D eigenvalue weighted by Gasteiger charge is -2.03. The van der Waals surface area contributed by atoms with Crippen LogP contribution < -0.4 is 10.2 Å².